The summed E-state index contributed by atoms with van der Waals surface area (Å²) in [5, 5.41) is 2.71. The van der Waals surface area contributed by atoms with E-state index in [4.69, 9.17) is 4.74 Å². The van der Waals surface area contributed by atoms with Gasteiger partial charge in [-0.05, 0) is 24.7 Å². The summed E-state index contributed by atoms with van der Waals surface area (Å²) in [4.78, 5) is 29.7. The molecule has 8 nitrogen and oxygen atoms in total. The number of anilines is 1. The Balaban J connectivity index is 1.37. The van der Waals surface area contributed by atoms with E-state index in [1.807, 2.05) is 4.90 Å². The van der Waals surface area contributed by atoms with Gasteiger partial charge in [0.15, 0.2) is 5.69 Å². The average Bonchev–Trinajstić information content (AvgIpc) is 3.15. The van der Waals surface area contributed by atoms with Crippen LogP contribution in [0, 0.1) is 5.41 Å². The fourth-order valence-corrected chi connectivity index (χ4v) is 3.95. The maximum Gasteiger partial charge on any atom is 0.433 e. The quantitative estimate of drug-likeness (QED) is 0.809. The van der Waals surface area contributed by atoms with Gasteiger partial charge in [-0.25, -0.2) is 19.9 Å². The van der Waals surface area contributed by atoms with Gasteiger partial charge in [-0.2, -0.15) is 13.2 Å². The second-order valence-electron chi connectivity index (χ2n) is 7.63. The third-order valence-electron chi connectivity index (χ3n) is 5.67. The predicted molar refractivity (Wildman–Crippen MR) is 99.4 cm³/mol. The minimum absolute atomic E-state index is 0.117. The van der Waals surface area contributed by atoms with Crippen molar-refractivity contribution in [1.82, 2.24) is 24.8 Å². The van der Waals surface area contributed by atoms with Gasteiger partial charge < -0.3 is 15.0 Å². The number of likely N-dealkylation sites (tertiary alicyclic amines) is 1. The van der Waals surface area contributed by atoms with Crippen LogP contribution in [0.15, 0.2) is 24.9 Å². The molecular formula is C19H21F3N6O2. The van der Waals surface area contributed by atoms with Crippen LogP contribution in [-0.2, 0) is 17.5 Å². The molecule has 30 heavy (non-hydrogen) atoms. The van der Waals surface area contributed by atoms with Crippen LogP contribution in [0.4, 0.5) is 19.1 Å². The van der Waals surface area contributed by atoms with Crippen LogP contribution in [0.3, 0.4) is 0 Å². The Labute approximate surface area is 170 Å². The molecule has 0 aromatic carbocycles. The van der Waals surface area contributed by atoms with Crippen LogP contribution in [0.25, 0.3) is 0 Å². The van der Waals surface area contributed by atoms with Gasteiger partial charge in [-0.1, -0.05) is 0 Å². The molecule has 2 fully saturated rings. The lowest BCUT2D eigenvalue weighted by molar-refractivity contribution is -0.141. The smallest absolute Gasteiger partial charge is 0.381 e. The van der Waals surface area contributed by atoms with Crippen LogP contribution >= 0.6 is 0 Å². The molecular weight excluding hydrogens is 401 g/mol. The van der Waals surface area contributed by atoms with E-state index >= 15 is 0 Å². The zero-order chi connectivity index (χ0) is 21.2. The number of rotatable bonds is 4. The molecule has 1 N–H and O–H groups in total. The number of carbonyl (C=O) groups excluding carboxylic acids is 1. The number of hydrogen-bond donors (Lipinski definition) is 1. The van der Waals surface area contributed by atoms with Crippen molar-refractivity contribution in [3.8, 4) is 0 Å². The van der Waals surface area contributed by atoms with E-state index in [0.29, 0.717) is 18.7 Å². The second kappa shape index (κ2) is 8.13. The van der Waals surface area contributed by atoms with Gasteiger partial charge in [0, 0.05) is 57.0 Å². The Morgan fingerprint density at radius 3 is 2.57 bits per heavy atom. The first-order valence-electron chi connectivity index (χ1n) is 9.65. The fourth-order valence-electron chi connectivity index (χ4n) is 3.95. The standard InChI is InChI=1S/C19H21F3N6O2/c20-19(21,22)15-13(7-23-12-27-15)8-24-17-25-9-14(10-26-17)16(29)28-4-1-18(11-28)2-5-30-6-3-18/h7,9-10,12H,1-6,8,11H2,(H,24,25,26). The third-order valence-corrected chi connectivity index (χ3v) is 5.67. The molecule has 11 heteroatoms. The summed E-state index contributed by atoms with van der Waals surface area (Å²) in [7, 11) is 0. The number of nitrogens with one attached hydrogen (secondary N) is 1. The fraction of sp³-hybridized carbons (Fsp3) is 0.526. The first kappa shape index (κ1) is 20.5. The Hall–Kier alpha value is -2.82. The molecule has 2 aromatic rings. The van der Waals surface area contributed by atoms with Gasteiger partial charge in [-0.3, -0.25) is 4.79 Å². The molecule has 2 aliphatic rings. The first-order chi connectivity index (χ1) is 14.4. The van der Waals surface area contributed by atoms with Crippen LogP contribution in [0.2, 0.25) is 0 Å². The summed E-state index contributed by atoms with van der Waals surface area (Å²) in [6, 6.07) is 0. The van der Waals surface area contributed by atoms with Crippen molar-refractivity contribution >= 4 is 11.9 Å². The van der Waals surface area contributed by atoms with Crippen molar-refractivity contribution in [2.75, 3.05) is 31.6 Å². The van der Waals surface area contributed by atoms with Crippen molar-refractivity contribution in [2.24, 2.45) is 5.41 Å². The molecule has 0 bridgehead atoms. The summed E-state index contributed by atoms with van der Waals surface area (Å²) in [6.45, 7) is 2.65. The summed E-state index contributed by atoms with van der Waals surface area (Å²) < 4.78 is 44.4. The van der Waals surface area contributed by atoms with E-state index in [0.717, 1.165) is 45.0 Å². The molecule has 2 aliphatic heterocycles. The maximum absolute atomic E-state index is 13.0. The minimum atomic E-state index is -4.57. The van der Waals surface area contributed by atoms with Gasteiger partial charge in [-0.15, -0.1) is 0 Å². The van der Waals surface area contributed by atoms with Crippen LogP contribution < -0.4 is 5.32 Å². The summed E-state index contributed by atoms with van der Waals surface area (Å²) in [5.41, 5.74) is -0.631. The molecule has 1 spiro atoms. The van der Waals surface area contributed by atoms with Gasteiger partial charge in [0.2, 0.25) is 5.95 Å². The van der Waals surface area contributed by atoms with Gasteiger partial charge >= 0.3 is 6.18 Å². The van der Waals surface area contributed by atoms with Crippen molar-refractivity contribution < 1.29 is 22.7 Å². The number of carbonyl (C=O) groups is 1. The van der Waals surface area contributed by atoms with Crippen molar-refractivity contribution in [3.63, 3.8) is 0 Å². The van der Waals surface area contributed by atoms with E-state index in [1.54, 1.807) is 0 Å². The van der Waals surface area contributed by atoms with Gasteiger partial charge in [0.25, 0.3) is 5.91 Å². The highest BCUT2D eigenvalue weighted by atomic mass is 19.4. The van der Waals surface area contributed by atoms with Crippen molar-refractivity contribution in [1.29, 1.82) is 0 Å². The molecule has 2 aromatic heterocycles. The Kier molecular flexibility index (Phi) is 5.54. The normalized spacial score (nSPS) is 18.6. The largest absolute Gasteiger partial charge is 0.433 e. The molecule has 0 radical (unpaired) electrons. The third kappa shape index (κ3) is 4.35. The number of nitrogens with zero attached hydrogens (tertiary/aromatic N) is 5. The molecule has 0 atom stereocenters. The van der Waals surface area contributed by atoms with Crippen LogP contribution in [0.5, 0.6) is 0 Å². The lowest BCUT2D eigenvalue weighted by atomic mass is 9.80. The molecule has 160 valence electrons. The predicted octanol–water partition coefficient (Wildman–Crippen LogP) is 2.54. The molecule has 4 rings (SSSR count). The summed E-state index contributed by atoms with van der Waals surface area (Å²) >= 11 is 0. The maximum atomic E-state index is 13.0. The van der Waals surface area contributed by atoms with E-state index in [2.05, 4.69) is 25.3 Å². The molecule has 0 unspecified atom stereocenters. The average molecular weight is 422 g/mol. The number of halogens is 3. The molecule has 0 aliphatic carbocycles. The zero-order valence-corrected chi connectivity index (χ0v) is 16.2. The zero-order valence-electron chi connectivity index (χ0n) is 16.2. The highest BCUT2D eigenvalue weighted by Gasteiger charge is 2.41. The van der Waals surface area contributed by atoms with Crippen molar-refractivity contribution in [2.45, 2.75) is 32.0 Å². The molecule has 1 amide bonds. The topological polar surface area (TPSA) is 93.1 Å². The highest BCUT2D eigenvalue weighted by molar-refractivity contribution is 5.94. The van der Waals surface area contributed by atoms with E-state index < -0.39 is 11.9 Å². The Bertz CT molecular complexity index is 900. The molecule has 2 saturated heterocycles. The number of hydrogen-bond acceptors (Lipinski definition) is 7. The molecule has 4 heterocycles. The lowest BCUT2D eigenvalue weighted by Crippen LogP contribution is -2.35. The Morgan fingerprint density at radius 2 is 1.87 bits per heavy atom. The van der Waals surface area contributed by atoms with E-state index in [-0.39, 0.29) is 29.4 Å². The van der Waals surface area contributed by atoms with Gasteiger partial charge in [0.1, 0.15) is 6.33 Å². The summed E-state index contributed by atoms with van der Waals surface area (Å²) in [6.07, 6.45) is 3.03. The van der Waals surface area contributed by atoms with E-state index in [9.17, 15) is 18.0 Å². The highest BCUT2D eigenvalue weighted by Crippen LogP contribution is 2.40. The minimum Gasteiger partial charge on any atom is -0.381 e. The second-order valence-corrected chi connectivity index (χ2v) is 7.63. The number of ether oxygens (including phenoxy) is 1. The number of aromatic nitrogens is 4. The van der Waals surface area contributed by atoms with E-state index in [1.165, 1.54) is 12.4 Å². The van der Waals surface area contributed by atoms with Crippen molar-refractivity contribution in [3.05, 3.63) is 41.7 Å². The number of alkyl halides is 3. The summed E-state index contributed by atoms with van der Waals surface area (Å²) in [5.74, 6) is -0.0217. The monoisotopic (exact) mass is 422 g/mol. The lowest BCUT2D eigenvalue weighted by Gasteiger charge is -2.33. The molecule has 0 saturated carbocycles. The first-order valence-corrected chi connectivity index (χ1v) is 9.65. The van der Waals surface area contributed by atoms with Crippen LogP contribution in [-0.4, -0.2) is 57.0 Å². The van der Waals surface area contributed by atoms with Gasteiger partial charge in [0.05, 0.1) is 5.56 Å². The SMILES string of the molecule is O=C(c1cnc(NCc2cncnc2C(F)(F)F)nc1)N1CCC2(CCOCC2)C1. The van der Waals surface area contributed by atoms with Crippen LogP contribution in [0.1, 0.15) is 40.9 Å². The number of amides is 1. The Morgan fingerprint density at radius 1 is 1.13 bits per heavy atom.